The third kappa shape index (κ3) is 3.50. The summed E-state index contributed by atoms with van der Waals surface area (Å²) in [5.41, 5.74) is 0.241. The number of nitrogens with one attached hydrogen (secondary N) is 1. The van der Waals surface area contributed by atoms with E-state index in [4.69, 9.17) is 9.52 Å². The summed E-state index contributed by atoms with van der Waals surface area (Å²) in [6.45, 7) is 6.07. The molecule has 0 unspecified atom stereocenters. The first-order chi connectivity index (χ1) is 9.77. The molecule has 0 aliphatic carbocycles. The Morgan fingerprint density at radius 1 is 1.38 bits per heavy atom. The Hall–Kier alpha value is -2.57. The van der Waals surface area contributed by atoms with Crippen molar-refractivity contribution < 1.29 is 19.1 Å². The monoisotopic (exact) mass is 291 g/mol. The van der Waals surface area contributed by atoms with Gasteiger partial charge in [0.15, 0.2) is 0 Å². The van der Waals surface area contributed by atoms with Crippen molar-refractivity contribution in [1.29, 1.82) is 0 Å². The van der Waals surface area contributed by atoms with Crippen LogP contribution in [-0.4, -0.2) is 26.8 Å². The van der Waals surface area contributed by atoms with E-state index in [0.717, 1.165) is 0 Å². The van der Waals surface area contributed by atoms with Gasteiger partial charge in [-0.25, -0.2) is 4.79 Å². The summed E-state index contributed by atoms with van der Waals surface area (Å²) in [4.78, 5) is 22.7. The molecule has 2 N–H and O–H groups in total. The maximum Gasteiger partial charge on any atom is 0.371 e. The average Bonchev–Trinajstić information content (AvgIpc) is 3.04. The molecule has 0 spiro atoms. The largest absolute Gasteiger partial charge is 0.475 e. The van der Waals surface area contributed by atoms with E-state index in [-0.39, 0.29) is 23.8 Å². The number of furan rings is 1. The number of rotatable bonds is 4. The number of carboxylic acids is 1. The van der Waals surface area contributed by atoms with E-state index in [2.05, 4.69) is 10.4 Å². The fourth-order valence-corrected chi connectivity index (χ4v) is 1.66. The van der Waals surface area contributed by atoms with Gasteiger partial charge >= 0.3 is 5.97 Å². The molecular formula is C14H17N3O4. The zero-order valence-corrected chi connectivity index (χ0v) is 12.1. The molecule has 0 fully saturated rings. The van der Waals surface area contributed by atoms with Crippen molar-refractivity contribution in [3.8, 4) is 0 Å². The second kappa shape index (κ2) is 5.43. The summed E-state index contributed by atoms with van der Waals surface area (Å²) in [6.07, 6.45) is 3.16. The fourth-order valence-electron chi connectivity index (χ4n) is 1.66. The number of hydrogen-bond acceptors (Lipinski definition) is 4. The van der Waals surface area contributed by atoms with Crippen LogP contribution in [0.4, 0.5) is 0 Å². The fraction of sp³-hybridized carbons (Fsp3) is 0.357. The lowest BCUT2D eigenvalue weighted by Gasteiger charge is -2.18. The first-order valence-electron chi connectivity index (χ1n) is 6.43. The van der Waals surface area contributed by atoms with Gasteiger partial charge in [-0.2, -0.15) is 5.10 Å². The maximum atomic E-state index is 12.0. The minimum absolute atomic E-state index is 0.118. The summed E-state index contributed by atoms with van der Waals surface area (Å²) in [5.74, 6) is -1.21. The standard InChI is InChI=1S/C14H17N3O4/c1-14(2,3)17-8-9(6-16-17)12(18)15-7-10-4-5-11(21-10)13(19)20/h4-6,8H,7H2,1-3H3,(H,15,18)(H,19,20). The highest BCUT2D eigenvalue weighted by Crippen LogP contribution is 2.13. The molecule has 0 aliphatic heterocycles. The summed E-state index contributed by atoms with van der Waals surface area (Å²) in [6, 6.07) is 2.86. The lowest BCUT2D eigenvalue weighted by atomic mass is 10.1. The first kappa shape index (κ1) is 14.8. The number of carbonyl (C=O) groups is 2. The highest BCUT2D eigenvalue weighted by Gasteiger charge is 2.17. The molecule has 0 aromatic carbocycles. The number of amides is 1. The van der Waals surface area contributed by atoms with Gasteiger partial charge in [-0.1, -0.05) is 0 Å². The van der Waals surface area contributed by atoms with Crippen LogP contribution in [0.25, 0.3) is 0 Å². The molecule has 0 aliphatic rings. The normalized spacial score (nSPS) is 11.4. The Balaban J connectivity index is 1.98. The molecule has 2 rings (SSSR count). The van der Waals surface area contributed by atoms with Crippen molar-refractivity contribution in [2.75, 3.05) is 0 Å². The predicted octanol–water partition coefficient (Wildman–Crippen LogP) is 1.86. The Bertz CT molecular complexity index is 664. The van der Waals surface area contributed by atoms with Gasteiger partial charge < -0.3 is 14.8 Å². The van der Waals surface area contributed by atoms with Crippen LogP contribution in [0.1, 0.15) is 47.4 Å². The second-order valence-corrected chi connectivity index (χ2v) is 5.60. The van der Waals surface area contributed by atoms with Crippen molar-refractivity contribution >= 4 is 11.9 Å². The minimum Gasteiger partial charge on any atom is -0.475 e. The lowest BCUT2D eigenvalue weighted by molar-refractivity contribution is 0.0660. The summed E-state index contributed by atoms with van der Waals surface area (Å²) in [7, 11) is 0. The van der Waals surface area contributed by atoms with Crippen LogP contribution in [0.3, 0.4) is 0 Å². The van der Waals surface area contributed by atoms with Crippen molar-refractivity contribution in [3.63, 3.8) is 0 Å². The van der Waals surface area contributed by atoms with E-state index in [1.807, 2.05) is 20.8 Å². The van der Waals surface area contributed by atoms with Gasteiger partial charge in [-0.3, -0.25) is 9.48 Å². The zero-order valence-electron chi connectivity index (χ0n) is 12.1. The van der Waals surface area contributed by atoms with Crippen LogP contribution < -0.4 is 5.32 Å². The predicted molar refractivity (Wildman–Crippen MR) is 74.1 cm³/mol. The molecule has 21 heavy (non-hydrogen) atoms. The molecule has 0 atom stereocenters. The van der Waals surface area contributed by atoms with Gasteiger partial charge in [-0.05, 0) is 32.9 Å². The number of carbonyl (C=O) groups excluding carboxylic acids is 1. The van der Waals surface area contributed by atoms with Crippen LogP contribution >= 0.6 is 0 Å². The number of aromatic nitrogens is 2. The summed E-state index contributed by atoms with van der Waals surface area (Å²) < 4.78 is 6.76. The molecule has 0 saturated carbocycles. The van der Waals surface area contributed by atoms with Gasteiger partial charge in [0.1, 0.15) is 5.76 Å². The number of hydrogen-bond donors (Lipinski definition) is 2. The molecule has 2 heterocycles. The Labute approximate surface area is 121 Å². The number of nitrogens with zero attached hydrogens (tertiary/aromatic N) is 2. The highest BCUT2D eigenvalue weighted by atomic mass is 16.4. The van der Waals surface area contributed by atoms with Gasteiger partial charge in [0, 0.05) is 6.20 Å². The average molecular weight is 291 g/mol. The van der Waals surface area contributed by atoms with Gasteiger partial charge in [0.2, 0.25) is 5.76 Å². The topological polar surface area (TPSA) is 97.4 Å². The molecule has 2 aromatic rings. The van der Waals surface area contributed by atoms with E-state index in [9.17, 15) is 9.59 Å². The van der Waals surface area contributed by atoms with Crippen molar-refractivity contribution in [2.45, 2.75) is 32.9 Å². The smallest absolute Gasteiger partial charge is 0.371 e. The highest BCUT2D eigenvalue weighted by molar-refractivity contribution is 5.93. The van der Waals surface area contributed by atoms with E-state index in [1.54, 1.807) is 10.9 Å². The summed E-state index contributed by atoms with van der Waals surface area (Å²) >= 11 is 0. The first-order valence-corrected chi connectivity index (χ1v) is 6.43. The molecule has 0 saturated heterocycles. The van der Waals surface area contributed by atoms with Crippen molar-refractivity contribution in [3.05, 3.63) is 41.6 Å². The quantitative estimate of drug-likeness (QED) is 0.896. The van der Waals surface area contributed by atoms with Gasteiger partial charge in [-0.15, -0.1) is 0 Å². The molecule has 112 valence electrons. The molecule has 7 nitrogen and oxygen atoms in total. The van der Waals surface area contributed by atoms with Crippen LogP contribution in [0.15, 0.2) is 28.9 Å². The summed E-state index contributed by atoms with van der Waals surface area (Å²) in [5, 5.41) is 15.5. The van der Waals surface area contributed by atoms with Crippen LogP contribution in [0.5, 0.6) is 0 Å². The Kier molecular flexibility index (Phi) is 3.84. The van der Waals surface area contributed by atoms with E-state index >= 15 is 0 Å². The zero-order chi connectivity index (χ0) is 15.6. The SMILES string of the molecule is CC(C)(C)n1cc(C(=O)NCc2ccc(C(=O)O)o2)cn1. The third-order valence-corrected chi connectivity index (χ3v) is 2.83. The molecule has 0 radical (unpaired) electrons. The van der Waals surface area contributed by atoms with E-state index in [1.165, 1.54) is 18.3 Å². The molecular weight excluding hydrogens is 274 g/mol. The molecule has 2 aromatic heterocycles. The third-order valence-electron chi connectivity index (χ3n) is 2.83. The van der Waals surface area contributed by atoms with Crippen LogP contribution in [0, 0.1) is 0 Å². The van der Waals surface area contributed by atoms with E-state index < -0.39 is 5.97 Å². The van der Waals surface area contributed by atoms with Gasteiger partial charge in [0.05, 0.1) is 23.8 Å². The molecule has 0 bridgehead atoms. The van der Waals surface area contributed by atoms with Crippen LogP contribution in [-0.2, 0) is 12.1 Å². The van der Waals surface area contributed by atoms with Crippen LogP contribution in [0.2, 0.25) is 0 Å². The second-order valence-electron chi connectivity index (χ2n) is 5.60. The maximum absolute atomic E-state index is 12.0. The van der Waals surface area contributed by atoms with Crippen molar-refractivity contribution in [1.82, 2.24) is 15.1 Å². The number of carboxylic acid groups (broad SMARTS) is 1. The number of aromatic carboxylic acids is 1. The van der Waals surface area contributed by atoms with Crippen molar-refractivity contribution in [2.24, 2.45) is 0 Å². The van der Waals surface area contributed by atoms with E-state index in [0.29, 0.717) is 11.3 Å². The minimum atomic E-state index is -1.14. The Morgan fingerprint density at radius 3 is 2.62 bits per heavy atom. The Morgan fingerprint density at radius 2 is 2.10 bits per heavy atom. The lowest BCUT2D eigenvalue weighted by Crippen LogP contribution is -2.24. The molecule has 1 amide bonds. The molecule has 7 heteroatoms. The van der Waals surface area contributed by atoms with Gasteiger partial charge in [0.25, 0.3) is 5.91 Å².